The molecule has 2 atom stereocenters. The van der Waals surface area contributed by atoms with Gasteiger partial charge in [0.15, 0.2) is 0 Å². The fourth-order valence-corrected chi connectivity index (χ4v) is 9.23. The van der Waals surface area contributed by atoms with Crippen molar-refractivity contribution >= 4 is 8.48 Å². The summed E-state index contributed by atoms with van der Waals surface area (Å²) in [6, 6.07) is 0. The van der Waals surface area contributed by atoms with E-state index < -0.39 is 8.48 Å². The van der Waals surface area contributed by atoms with Crippen molar-refractivity contribution in [2.75, 3.05) is 38.6 Å². The number of hydrogen-bond acceptors (Lipinski definition) is 1. The molecule has 0 N–H and O–H groups in total. The van der Waals surface area contributed by atoms with Crippen LogP contribution in [-0.4, -0.2) is 48.2 Å². The van der Waals surface area contributed by atoms with Crippen molar-refractivity contribution in [1.82, 2.24) is 4.31 Å². The predicted molar refractivity (Wildman–Crippen MR) is 99.4 cm³/mol. The van der Waals surface area contributed by atoms with Crippen molar-refractivity contribution in [1.29, 1.82) is 0 Å². The lowest BCUT2D eigenvalue weighted by molar-refractivity contribution is 0.380. The van der Waals surface area contributed by atoms with Crippen molar-refractivity contribution in [3.63, 3.8) is 0 Å². The minimum Gasteiger partial charge on any atom is -0.287 e. The quantitative estimate of drug-likeness (QED) is 0.612. The van der Waals surface area contributed by atoms with Gasteiger partial charge in [0.1, 0.15) is 0 Å². The van der Waals surface area contributed by atoms with Crippen LogP contribution < -0.4 is 0 Å². The lowest BCUT2D eigenvalue weighted by Crippen LogP contribution is -2.57. The second-order valence-corrected chi connectivity index (χ2v) is 17.9. The summed E-state index contributed by atoms with van der Waals surface area (Å²) in [5.74, 6) is 2.12. The first-order chi connectivity index (χ1) is 9.07. The molecular weight excluding hydrogens is 262 g/mol. The standard InChI is InChI=1S/C18H39NS/c1-8-9-10-13-16-20(5,6,7,19(3)4)18-15-12-11-14-17(18)2/h10,13,17-18H,8-9,11-12,14-16H2,1-7H3. The van der Waals surface area contributed by atoms with Gasteiger partial charge in [-0.2, -0.15) is 0 Å². The second-order valence-electron chi connectivity index (χ2n) is 8.79. The Morgan fingerprint density at radius 3 is 2.15 bits per heavy atom. The molecule has 0 aromatic carbocycles. The van der Waals surface area contributed by atoms with Crippen LogP contribution in [-0.2, 0) is 0 Å². The lowest BCUT2D eigenvalue weighted by atomic mass is 9.90. The van der Waals surface area contributed by atoms with E-state index in [1.165, 1.54) is 44.3 Å². The summed E-state index contributed by atoms with van der Waals surface area (Å²) in [5, 5.41) is 0.866. The SMILES string of the molecule is CCCC=CCS(C)(C)(C)(C1CCCCC1C)N(C)C. The van der Waals surface area contributed by atoms with Gasteiger partial charge in [0.05, 0.1) is 0 Å². The Hall–Kier alpha value is 0.0500. The van der Waals surface area contributed by atoms with Gasteiger partial charge in [-0.1, -0.05) is 45.3 Å². The zero-order valence-corrected chi connectivity index (χ0v) is 15.9. The molecule has 1 fully saturated rings. The lowest BCUT2D eigenvalue weighted by Gasteiger charge is -2.82. The summed E-state index contributed by atoms with van der Waals surface area (Å²) in [4.78, 5) is 0. The Labute approximate surface area is 127 Å². The van der Waals surface area contributed by atoms with Crippen LogP contribution >= 0.6 is 8.48 Å². The molecule has 0 spiro atoms. The van der Waals surface area contributed by atoms with Gasteiger partial charge in [0.25, 0.3) is 0 Å². The van der Waals surface area contributed by atoms with Crippen LogP contribution in [0, 0.1) is 5.92 Å². The van der Waals surface area contributed by atoms with Gasteiger partial charge in [0, 0.05) is 0 Å². The largest absolute Gasteiger partial charge is 0.287 e. The molecule has 0 amide bonds. The fraction of sp³-hybridized carbons (Fsp3) is 0.889. The van der Waals surface area contributed by atoms with Crippen LogP contribution in [0.1, 0.15) is 52.4 Å². The molecule has 1 rings (SSSR count). The second kappa shape index (κ2) is 5.68. The third-order valence-corrected chi connectivity index (χ3v) is 14.1. The molecule has 0 saturated heterocycles. The van der Waals surface area contributed by atoms with Crippen LogP contribution in [0.2, 0.25) is 0 Å². The molecule has 20 heavy (non-hydrogen) atoms. The van der Waals surface area contributed by atoms with Crippen LogP contribution in [0.4, 0.5) is 0 Å². The highest BCUT2D eigenvalue weighted by Crippen LogP contribution is 2.87. The molecule has 1 aliphatic rings. The number of rotatable bonds is 6. The normalized spacial score (nSPS) is 28.6. The van der Waals surface area contributed by atoms with Gasteiger partial charge in [-0.25, -0.2) is 8.48 Å². The third kappa shape index (κ3) is 3.27. The minimum atomic E-state index is -2.23. The molecule has 122 valence electrons. The van der Waals surface area contributed by atoms with Gasteiger partial charge in [-0.3, -0.25) is 4.31 Å². The van der Waals surface area contributed by atoms with E-state index in [2.05, 4.69) is 63.2 Å². The van der Waals surface area contributed by atoms with E-state index in [-0.39, 0.29) is 0 Å². The molecule has 1 nitrogen and oxygen atoms in total. The van der Waals surface area contributed by atoms with Crippen molar-refractivity contribution in [3.8, 4) is 0 Å². The molecule has 1 aliphatic carbocycles. The summed E-state index contributed by atoms with van der Waals surface area (Å²) < 4.78 is 2.63. The molecule has 0 aromatic heterocycles. The maximum atomic E-state index is 2.63. The van der Waals surface area contributed by atoms with Gasteiger partial charge < -0.3 is 0 Å². The number of nitrogens with zero attached hydrogens (tertiary/aromatic N) is 1. The maximum Gasteiger partial charge on any atom is -0.00578 e. The maximum absolute atomic E-state index is 2.63. The van der Waals surface area contributed by atoms with Crippen molar-refractivity contribution in [2.45, 2.75) is 57.6 Å². The summed E-state index contributed by atoms with van der Waals surface area (Å²) >= 11 is 0. The molecule has 2 unspecified atom stereocenters. The van der Waals surface area contributed by atoms with E-state index in [1.807, 2.05) is 0 Å². The topological polar surface area (TPSA) is 3.24 Å². The average molecular weight is 302 g/mol. The van der Waals surface area contributed by atoms with Crippen LogP contribution in [0.15, 0.2) is 12.2 Å². The van der Waals surface area contributed by atoms with Gasteiger partial charge in [0.2, 0.25) is 0 Å². The summed E-state index contributed by atoms with van der Waals surface area (Å²) in [6.45, 7) is 4.76. The van der Waals surface area contributed by atoms with E-state index in [0.717, 1.165) is 11.2 Å². The van der Waals surface area contributed by atoms with E-state index in [0.29, 0.717) is 0 Å². The molecule has 0 bridgehead atoms. The Morgan fingerprint density at radius 1 is 1.05 bits per heavy atom. The molecule has 1 saturated carbocycles. The van der Waals surface area contributed by atoms with Crippen molar-refractivity contribution < 1.29 is 0 Å². The van der Waals surface area contributed by atoms with E-state index in [9.17, 15) is 0 Å². The highest BCUT2D eigenvalue weighted by atomic mass is 32.4. The third-order valence-electron chi connectivity index (χ3n) is 6.24. The number of unbranched alkanes of at least 4 members (excludes halogenated alkanes) is 1. The highest BCUT2D eigenvalue weighted by molar-refractivity contribution is 8.62. The smallest absolute Gasteiger partial charge is 0.00578 e. The first-order valence-electron chi connectivity index (χ1n) is 8.41. The minimum absolute atomic E-state index is 0.866. The predicted octanol–water partition coefficient (Wildman–Crippen LogP) is 5.16. The zero-order valence-electron chi connectivity index (χ0n) is 15.1. The first kappa shape index (κ1) is 18.1. The Morgan fingerprint density at radius 2 is 1.65 bits per heavy atom. The first-order valence-corrected chi connectivity index (χ1v) is 12.3. The van der Waals surface area contributed by atoms with Crippen molar-refractivity contribution in [3.05, 3.63) is 12.2 Å². The van der Waals surface area contributed by atoms with Crippen molar-refractivity contribution in [2.24, 2.45) is 5.92 Å². The molecule has 0 aliphatic heterocycles. The Bertz CT molecular complexity index is 359. The van der Waals surface area contributed by atoms with Gasteiger partial charge in [-0.15, -0.1) is 0 Å². The Kier molecular flexibility index (Phi) is 5.14. The van der Waals surface area contributed by atoms with E-state index in [4.69, 9.17) is 0 Å². The molecule has 2 heteroatoms. The fourth-order valence-electron chi connectivity index (χ4n) is 4.02. The molecular formula is C18H39NS. The number of hydrogen-bond donors (Lipinski definition) is 0. The van der Waals surface area contributed by atoms with E-state index in [1.54, 1.807) is 0 Å². The summed E-state index contributed by atoms with van der Waals surface area (Å²) in [6.07, 6.45) is 21.0. The monoisotopic (exact) mass is 301 g/mol. The van der Waals surface area contributed by atoms with Crippen LogP contribution in [0.3, 0.4) is 0 Å². The summed E-state index contributed by atoms with van der Waals surface area (Å²) in [7, 11) is 2.43. The molecule has 0 heterocycles. The molecule has 0 aromatic rings. The Balaban J connectivity index is 3.14. The van der Waals surface area contributed by atoms with E-state index >= 15 is 0 Å². The summed E-state index contributed by atoms with van der Waals surface area (Å²) in [5.41, 5.74) is 0. The molecule has 0 radical (unpaired) electrons. The highest BCUT2D eigenvalue weighted by Gasteiger charge is 2.56. The van der Waals surface area contributed by atoms with Gasteiger partial charge >= 0.3 is 0 Å². The average Bonchev–Trinajstić information content (AvgIpc) is 2.35. The van der Waals surface area contributed by atoms with Crippen LogP contribution in [0.5, 0.6) is 0 Å². The van der Waals surface area contributed by atoms with Gasteiger partial charge in [-0.05, 0) is 69.0 Å². The van der Waals surface area contributed by atoms with Crippen LogP contribution in [0.25, 0.3) is 0 Å². The number of allylic oxidation sites excluding steroid dienone is 1. The zero-order chi connectivity index (χ0) is 15.5.